The number of nitrogens with one attached hydrogen (secondary N) is 1. The molecule has 0 aliphatic heterocycles. The largest absolute Gasteiger partial charge is 0.234 e. The summed E-state index contributed by atoms with van der Waals surface area (Å²) in [6, 6.07) is 7.34. The molecule has 0 fully saturated rings. The van der Waals surface area contributed by atoms with Gasteiger partial charge in [0.05, 0.1) is 0 Å². The number of halogens is 1. The van der Waals surface area contributed by atoms with Crippen molar-refractivity contribution < 1.29 is 0 Å². The van der Waals surface area contributed by atoms with Crippen molar-refractivity contribution in [1.82, 2.24) is 25.4 Å². The lowest BCUT2D eigenvalue weighted by Gasteiger charge is -1.95. The third-order valence-corrected chi connectivity index (χ3v) is 3.81. The Labute approximate surface area is 123 Å². The standard InChI is InChI=1S/C12H7ClN6S/c1-6-10(11-8(5-14)17-19-18-11)16-12(20-6)7-3-2-4-9(13)15-7/h2-4H,1H3,(H,17,18,19). The van der Waals surface area contributed by atoms with Crippen LogP contribution < -0.4 is 0 Å². The van der Waals surface area contributed by atoms with E-state index in [9.17, 15) is 0 Å². The number of thiazole rings is 1. The number of hydrogen-bond acceptors (Lipinski definition) is 6. The van der Waals surface area contributed by atoms with E-state index >= 15 is 0 Å². The van der Waals surface area contributed by atoms with Crippen LogP contribution in [0.15, 0.2) is 18.2 Å². The quantitative estimate of drug-likeness (QED) is 0.735. The van der Waals surface area contributed by atoms with Gasteiger partial charge < -0.3 is 0 Å². The molecule has 3 aromatic heterocycles. The van der Waals surface area contributed by atoms with E-state index in [-0.39, 0.29) is 5.69 Å². The lowest BCUT2D eigenvalue weighted by atomic mass is 10.2. The summed E-state index contributed by atoms with van der Waals surface area (Å²) in [6.45, 7) is 1.91. The van der Waals surface area contributed by atoms with E-state index in [2.05, 4.69) is 25.4 Å². The Bertz CT molecular complexity index is 815. The van der Waals surface area contributed by atoms with Crippen LogP contribution >= 0.6 is 22.9 Å². The Hall–Kier alpha value is -2.30. The maximum atomic E-state index is 8.99. The van der Waals surface area contributed by atoms with Crippen LogP contribution in [0.5, 0.6) is 0 Å². The van der Waals surface area contributed by atoms with Crippen LogP contribution in [-0.2, 0) is 0 Å². The second kappa shape index (κ2) is 5.00. The molecule has 0 radical (unpaired) electrons. The van der Waals surface area contributed by atoms with E-state index in [4.69, 9.17) is 16.9 Å². The van der Waals surface area contributed by atoms with Crippen LogP contribution in [0.3, 0.4) is 0 Å². The second-order valence-electron chi connectivity index (χ2n) is 3.90. The highest BCUT2D eigenvalue weighted by molar-refractivity contribution is 7.15. The number of nitriles is 1. The van der Waals surface area contributed by atoms with Gasteiger partial charge in [-0.3, -0.25) is 0 Å². The molecule has 0 atom stereocenters. The van der Waals surface area contributed by atoms with Crippen LogP contribution in [0, 0.1) is 18.3 Å². The summed E-state index contributed by atoms with van der Waals surface area (Å²) in [7, 11) is 0. The first-order chi connectivity index (χ1) is 9.69. The molecule has 6 nitrogen and oxygen atoms in total. The van der Waals surface area contributed by atoms with Gasteiger partial charge in [-0.15, -0.1) is 16.4 Å². The van der Waals surface area contributed by atoms with Gasteiger partial charge in [0.1, 0.15) is 27.6 Å². The van der Waals surface area contributed by atoms with Crippen molar-refractivity contribution in [2.24, 2.45) is 0 Å². The fourth-order valence-corrected chi connectivity index (χ4v) is 2.78. The maximum Gasteiger partial charge on any atom is 0.192 e. The zero-order valence-corrected chi connectivity index (χ0v) is 11.8. The maximum absolute atomic E-state index is 8.99. The molecule has 0 bridgehead atoms. The predicted octanol–water partition coefficient (Wildman–Crippen LogP) is 2.82. The molecular weight excluding hydrogens is 296 g/mol. The Morgan fingerprint density at radius 1 is 1.25 bits per heavy atom. The number of aromatic amines is 1. The minimum Gasteiger partial charge on any atom is -0.234 e. The minimum atomic E-state index is 0.226. The highest BCUT2D eigenvalue weighted by Gasteiger charge is 2.18. The zero-order valence-electron chi connectivity index (χ0n) is 10.3. The molecule has 0 aliphatic rings. The van der Waals surface area contributed by atoms with Gasteiger partial charge >= 0.3 is 0 Å². The van der Waals surface area contributed by atoms with Gasteiger partial charge in [-0.1, -0.05) is 17.7 Å². The third-order valence-electron chi connectivity index (χ3n) is 2.61. The summed E-state index contributed by atoms with van der Waals surface area (Å²) in [5.41, 5.74) is 2.01. The molecule has 0 amide bonds. The number of H-pyrrole nitrogens is 1. The van der Waals surface area contributed by atoms with Crippen molar-refractivity contribution in [2.75, 3.05) is 0 Å². The first kappa shape index (κ1) is 12.7. The molecule has 3 aromatic rings. The van der Waals surface area contributed by atoms with E-state index in [1.54, 1.807) is 6.07 Å². The summed E-state index contributed by atoms with van der Waals surface area (Å²) in [5, 5.41) is 20.3. The summed E-state index contributed by atoms with van der Waals surface area (Å²) >= 11 is 7.35. The Balaban J connectivity index is 2.11. The SMILES string of the molecule is Cc1sc(-c2cccc(Cl)n2)nc1-c1n[nH]nc1C#N. The van der Waals surface area contributed by atoms with Crippen LogP contribution in [0.1, 0.15) is 10.6 Å². The average molecular weight is 303 g/mol. The fourth-order valence-electron chi connectivity index (χ4n) is 1.73. The molecule has 0 aliphatic carbocycles. The lowest BCUT2D eigenvalue weighted by molar-refractivity contribution is 0.936. The number of pyridine rings is 1. The average Bonchev–Trinajstić information content (AvgIpc) is 3.04. The van der Waals surface area contributed by atoms with E-state index in [0.717, 1.165) is 9.88 Å². The Morgan fingerprint density at radius 2 is 2.10 bits per heavy atom. The highest BCUT2D eigenvalue weighted by atomic mass is 35.5. The smallest absolute Gasteiger partial charge is 0.192 e. The molecule has 0 unspecified atom stereocenters. The summed E-state index contributed by atoms with van der Waals surface area (Å²) in [5.74, 6) is 0. The summed E-state index contributed by atoms with van der Waals surface area (Å²) < 4.78 is 0. The van der Waals surface area contributed by atoms with E-state index in [1.807, 2.05) is 25.1 Å². The number of aromatic nitrogens is 5. The van der Waals surface area contributed by atoms with Crippen molar-refractivity contribution in [2.45, 2.75) is 6.92 Å². The van der Waals surface area contributed by atoms with Crippen molar-refractivity contribution in [3.63, 3.8) is 0 Å². The molecule has 3 heterocycles. The van der Waals surface area contributed by atoms with Gasteiger partial charge in [-0.05, 0) is 19.1 Å². The zero-order chi connectivity index (χ0) is 14.1. The van der Waals surface area contributed by atoms with Gasteiger partial charge in [0, 0.05) is 4.88 Å². The number of hydrogen-bond donors (Lipinski definition) is 1. The molecule has 1 N–H and O–H groups in total. The first-order valence-electron chi connectivity index (χ1n) is 5.60. The molecular formula is C12H7ClN6S. The lowest BCUT2D eigenvalue weighted by Crippen LogP contribution is -1.86. The minimum absolute atomic E-state index is 0.226. The number of nitrogens with zero attached hydrogens (tertiary/aromatic N) is 5. The van der Waals surface area contributed by atoms with Gasteiger partial charge in [0.25, 0.3) is 0 Å². The van der Waals surface area contributed by atoms with Crippen molar-refractivity contribution in [1.29, 1.82) is 5.26 Å². The van der Waals surface area contributed by atoms with Crippen LogP contribution in [0.25, 0.3) is 22.1 Å². The van der Waals surface area contributed by atoms with Gasteiger partial charge in [-0.25, -0.2) is 9.97 Å². The predicted molar refractivity (Wildman–Crippen MR) is 75.2 cm³/mol. The van der Waals surface area contributed by atoms with Crippen LogP contribution in [-0.4, -0.2) is 25.4 Å². The highest BCUT2D eigenvalue weighted by Crippen LogP contribution is 2.32. The van der Waals surface area contributed by atoms with Gasteiger partial charge in [0.15, 0.2) is 11.4 Å². The van der Waals surface area contributed by atoms with Gasteiger partial charge in [-0.2, -0.15) is 15.6 Å². The molecule has 0 aromatic carbocycles. The fraction of sp³-hybridized carbons (Fsp3) is 0.0833. The number of aryl methyl sites for hydroxylation is 1. The van der Waals surface area contributed by atoms with E-state index < -0.39 is 0 Å². The third kappa shape index (κ3) is 2.15. The monoisotopic (exact) mass is 302 g/mol. The number of rotatable bonds is 2. The second-order valence-corrected chi connectivity index (χ2v) is 5.49. The molecule has 98 valence electrons. The molecule has 0 spiro atoms. The molecule has 0 saturated carbocycles. The van der Waals surface area contributed by atoms with Crippen molar-refractivity contribution in [3.05, 3.63) is 33.9 Å². The molecule has 8 heteroatoms. The van der Waals surface area contributed by atoms with E-state index in [0.29, 0.717) is 22.2 Å². The molecule has 3 rings (SSSR count). The normalized spacial score (nSPS) is 10.4. The van der Waals surface area contributed by atoms with Gasteiger partial charge in [0.2, 0.25) is 0 Å². The Morgan fingerprint density at radius 3 is 2.85 bits per heavy atom. The first-order valence-corrected chi connectivity index (χ1v) is 6.80. The molecule has 20 heavy (non-hydrogen) atoms. The topological polar surface area (TPSA) is 91.1 Å². The Kier molecular flexibility index (Phi) is 3.18. The van der Waals surface area contributed by atoms with E-state index in [1.165, 1.54) is 11.3 Å². The van der Waals surface area contributed by atoms with Crippen molar-refractivity contribution in [3.8, 4) is 28.2 Å². The van der Waals surface area contributed by atoms with Crippen molar-refractivity contribution >= 4 is 22.9 Å². The van der Waals surface area contributed by atoms with Crippen LogP contribution in [0.2, 0.25) is 5.15 Å². The summed E-state index contributed by atoms with van der Waals surface area (Å²) in [6.07, 6.45) is 0. The summed E-state index contributed by atoms with van der Waals surface area (Å²) in [4.78, 5) is 9.66. The molecule has 0 saturated heterocycles. The van der Waals surface area contributed by atoms with Crippen LogP contribution in [0.4, 0.5) is 0 Å².